The van der Waals surface area contributed by atoms with Crippen LogP contribution in [0.15, 0.2) is 18.2 Å². The summed E-state index contributed by atoms with van der Waals surface area (Å²) in [5, 5.41) is 11.1. The van der Waals surface area contributed by atoms with E-state index in [-0.39, 0.29) is 12.5 Å². The number of hydrogen-bond donors (Lipinski definition) is 2. The number of carbonyl (C=O) groups is 1. The first kappa shape index (κ1) is 19.9. The molecule has 28 heavy (non-hydrogen) atoms. The molecule has 0 radical (unpaired) electrons. The van der Waals surface area contributed by atoms with Crippen LogP contribution in [0.2, 0.25) is 5.02 Å². The molecule has 0 aliphatic rings. The second-order valence-corrected chi connectivity index (χ2v) is 7.04. The third-order valence-corrected chi connectivity index (χ3v) is 4.78. The Morgan fingerprint density at radius 1 is 1.25 bits per heavy atom. The lowest BCUT2D eigenvalue weighted by Gasteiger charge is -2.13. The van der Waals surface area contributed by atoms with Gasteiger partial charge in [-0.2, -0.15) is 0 Å². The summed E-state index contributed by atoms with van der Waals surface area (Å²) >= 11 is 6.20. The van der Waals surface area contributed by atoms with E-state index < -0.39 is 0 Å². The molecule has 0 atom stereocenters. The smallest absolute Gasteiger partial charge is 0.251 e. The molecule has 1 aromatic carbocycles. The number of hydrogen-bond acceptors (Lipinski definition) is 5. The van der Waals surface area contributed by atoms with Crippen molar-refractivity contribution in [3.8, 4) is 5.88 Å². The van der Waals surface area contributed by atoms with Crippen molar-refractivity contribution in [1.82, 2.24) is 19.9 Å². The number of rotatable bonds is 6. The molecule has 3 aromatic rings. The van der Waals surface area contributed by atoms with Gasteiger partial charge in [0.15, 0.2) is 5.65 Å². The number of aromatic nitrogens is 3. The van der Waals surface area contributed by atoms with Crippen LogP contribution in [0.1, 0.15) is 39.8 Å². The minimum Gasteiger partial charge on any atom is -0.480 e. The van der Waals surface area contributed by atoms with Crippen LogP contribution >= 0.6 is 11.6 Å². The summed E-state index contributed by atoms with van der Waals surface area (Å²) < 4.78 is 7.13. The first-order valence-electron chi connectivity index (χ1n) is 9.07. The number of fused-ring (bicyclic) bond motifs is 1. The standard InChI is InChI=1S/C20H24ClN5O2/c1-6-22-17-9-14(21)8-15(13(17)4)19(27)23-10-16-18-24-11(2)7-12(3)26(18)25-20(16)28-5/h7-9,22H,6,10H2,1-5H3,(H,23,27). The molecule has 0 fully saturated rings. The maximum Gasteiger partial charge on any atom is 0.251 e. The molecule has 2 heterocycles. The highest BCUT2D eigenvalue weighted by Crippen LogP contribution is 2.26. The average Bonchev–Trinajstić information content (AvgIpc) is 3.00. The van der Waals surface area contributed by atoms with Gasteiger partial charge in [-0.3, -0.25) is 4.79 Å². The Morgan fingerprint density at radius 2 is 2.00 bits per heavy atom. The lowest BCUT2D eigenvalue weighted by Crippen LogP contribution is -2.24. The minimum absolute atomic E-state index is 0.218. The van der Waals surface area contributed by atoms with Gasteiger partial charge >= 0.3 is 0 Å². The van der Waals surface area contributed by atoms with E-state index >= 15 is 0 Å². The molecule has 8 heteroatoms. The van der Waals surface area contributed by atoms with Crippen LogP contribution in [0.3, 0.4) is 0 Å². The van der Waals surface area contributed by atoms with Crippen LogP contribution in [-0.2, 0) is 6.54 Å². The highest BCUT2D eigenvalue weighted by atomic mass is 35.5. The maximum absolute atomic E-state index is 12.9. The van der Waals surface area contributed by atoms with E-state index in [1.807, 2.05) is 39.8 Å². The SMILES string of the molecule is CCNc1cc(Cl)cc(C(=O)NCc2c(OC)nn3c(C)cc(C)nc23)c1C. The fourth-order valence-corrected chi connectivity index (χ4v) is 3.44. The van der Waals surface area contributed by atoms with Gasteiger partial charge in [0.2, 0.25) is 5.88 Å². The Labute approximate surface area is 169 Å². The summed E-state index contributed by atoms with van der Waals surface area (Å²) in [7, 11) is 1.55. The van der Waals surface area contributed by atoms with Crippen LogP contribution in [0, 0.1) is 20.8 Å². The van der Waals surface area contributed by atoms with Crippen molar-refractivity contribution in [3.63, 3.8) is 0 Å². The summed E-state index contributed by atoms with van der Waals surface area (Å²) in [6, 6.07) is 5.44. The molecule has 0 aliphatic heterocycles. The number of methoxy groups -OCH3 is 1. The topological polar surface area (TPSA) is 80.5 Å². The molecule has 0 saturated carbocycles. The van der Waals surface area contributed by atoms with Crippen molar-refractivity contribution in [2.24, 2.45) is 0 Å². The fourth-order valence-electron chi connectivity index (χ4n) is 3.22. The first-order chi connectivity index (χ1) is 13.3. The van der Waals surface area contributed by atoms with E-state index in [1.54, 1.807) is 17.7 Å². The molecule has 3 rings (SSSR count). The molecular formula is C20H24ClN5O2. The van der Waals surface area contributed by atoms with E-state index in [2.05, 4.69) is 20.7 Å². The highest BCUT2D eigenvalue weighted by Gasteiger charge is 2.19. The zero-order chi connectivity index (χ0) is 20.4. The number of amides is 1. The van der Waals surface area contributed by atoms with Gasteiger partial charge in [0.25, 0.3) is 5.91 Å². The number of nitrogens with zero attached hydrogens (tertiary/aromatic N) is 3. The third kappa shape index (κ3) is 3.75. The van der Waals surface area contributed by atoms with Gasteiger partial charge in [0, 0.05) is 34.2 Å². The first-order valence-corrected chi connectivity index (χ1v) is 9.45. The summed E-state index contributed by atoms with van der Waals surface area (Å²) in [5.41, 5.74) is 5.45. The quantitative estimate of drug-likeness (QED) is 0.658. The van der Waals surface area contributed by atoms with E-state index in [0.29, 0.717) is 22.1 Å². The van der Waals surface area contributed by atoms with Gasteiger partial charge < -0.3 is 15.4 Å². The van der Waals surface area contributed by atoms with Gasteiger partial charge in [-0.05, 0) is 51.5 Å². The fraction of sp³-hybridized carbons (Fsp3) is 0.350. The molecule has 0 spiro atoms. The van der Waals surface area contributed by atoms with Crippen LogP contribution in [0.5, 0.6) is 5.88 Å². The number of nitrogens with one attached hydrogen (secondary N) is 2. The Bertz CT molecular complexity index is 1040. The molecule has 0 unspecified atom stereocenters. The van der Waals surface area contributed by atoms with Crippen LogP contribution in [0.25, 0.3) is 5.65 Å². The van der Waals surface area contributed by atoms with Crippen LogP contribution in [0.4, 0.5) is 5.69 Å². The molecule has 2 aromatic heterocycles. The molecule has 148 valence electrons. The third-order valence-electron chi connectivity index (χ3n) is 4.56. The normalized spacial score (nSPS) is 10.9. The van der Waals surface area contributed by atoms with Gasteiger partial charge in [-0.1, -0.05) is 11.6 Å². The van der Waals surface area contributed by atoms with E-state index in [9.17, 15) is 4.79 Å². The summed E-state index contributed by atoms with van der Waals surface area (Å²) in [5.74, 6) is 0.225. The van der Waals surface area contributed by atoms with Crippen molar-refractivity contribution in [2.75, 3.05) is 19.0 Å². The second-order valence-electron chi connectivity index (χ2n) is 6.60. The zero-order valence-corrected chi connectivity index (χ0v) is 17.4. The Balaban J connectivity index is 1.92. The number of halogens is 1. The Hall–Kier alpha value is -2.80. The maximum atomic E-state index is 12.9. The molecule has 2 N–H and O–H groups in total. The molecule has 0 aliphatic carbocycles. The van der Waals surface area contributed by atoms with Crippen molar-refractivity contribution in [1.29, 1.82) is 0 Å². The number of carbonyl (C=O) groups excluding carboxylic acids is 1. The zero-order valence-electron chi connectivity index (χ0n) is 16.7. The Kier molecular flexibility index (Phi) is 5.74. The molecule has 0 bridgehead atoms. The summed E-state index contributed by atoms with van der Waals surface area (Å²) in [4.78, 5) is 17.4. The van der Waals surface area contributed by atoms with E-state index in [4.69, 9.17) is 16.3 Å². The minimum atomic E-state index is -0.218. The van der Waals surface area contributed by atoms with Crippen LogP contribution in [-0.4, -0.2) is 34.2 Å². The van der Waals surface area contributed by atoms with Gasteiger partial charge in [0.05, 0.1) is 19.2 Å². The Morgan fingerprint density at radius 3 is 2.68 bits per heavy atom. The van der Waals surface area contributed by atoms with Crippen molar-refractivity contribution in [3.05, 3.63) is 51.3 Å². The molecule has 0 saturated heterocycles. The van der Waals surface area contributed by atoms with Crippen LogP contribution < -0.4 is 15.4 Å². The lowest BCUT2D eigenvalue weighted by molar-refractivity contribution is 0.0950. The number of anilines is 1. The number of benzene rings is 1. The van der Waals surface area contributed by atoms with E-state index in [0.717, 1.165) is 34.7 Å². The summed E-state index contributed by atoms with van der Waals surface area (Å²) in [6.07, 6.45) is 0. The lowest BCUT2D eigenvalue weighted by atomic mass is 10.1. The second kappa shape index (κ2) is 8.06. The molecular weight excluding hydrogens is 378 g/mol. The van der Waals surface area contributed by atoms with Gasteiger partial charge in [-0.15, -0.1) is 5.10 Å². The predicted molar refractivity (Wildman–Crippen MR) is 111 cm³/mol. The highest BCUT2D eigenvalue weighted by molar-refractivity contribution is 6.31. The number of aryl methyl sites for hydroxylation is 2. The monoisotopic (exact) mass is 401 g/mol. The average molecular weight is 402 g/mol. The summed E-state index contributed by atoms with van der Waals surface area (Å²) in [6.45, 7) is 8.75. The largest absolute Gasteiger partial charge is 0.480 e. The van der Waals surface area contributed by atoms with E-state index in [1.165, 1.54) is 0 Å². The molecule has 7 nitrogen and oxygen atoms in total. The predicted octanol–water partition coefficient (Wildman–Crippen LogP) is 3.68. The van der Waals surface area contributed by atoms with Crippen molar-refractivity contribution >= 4 is 28.8 Å². The van der Waals surface area contributed by atoms with Crippen molar-refractivity contribution < 1.29 is 9.53 Å². The molecule has 1 amide bonds. The van der Waals surface area contributed by atoms with Gasteiger partial charge in [0.1, 0.15) is 0 Å². The number of ether oxygens (including phenoxy) is 1. The van der Waals surface area contributed by atoms with Crippen molar-refractivity contribution in [2.45, 2.75) is 34.2 Å². The van der Waals surface area contributed by atoms with Gasteiger partial charge in [-0.25, -0.2) is 9.50 Å².